The molecule has 3 aromatic rings. The van der Waals surface area contributed by atoms with Crippen LogP contribution in [0.3, 0.4) is 0 Å². The summed E-state index contributed by atoms with van der Waals surface area (Å²) in [5, 5.41) is 0. The lowest BCUT2D eigenvalue weighted by Crippen LogP contribution is -2.31. The molecule has 2 aromatic heterocycles. The Morgan fingerprint density at radius 3 is 2.65 bits per heavy atom. The largest absolute Gasteiger partial charge is 0.465 e. The van der Waals surface area contributed by atoms with Gasteiger partial charge in [0, 0.05) is 30.8 Å². The van der Waals surface area contributed by atoms with Crippen molar-refractivity contribution >= 4 is 22.9 Å². The van der Waals surface area contributed by atoms with Crippen molar-refractivity contribution in [1.82, 2.24) is 9.55 Å². The van der Waals surface area contributed by atoms with Crippen LogP contribution in [-0.4, -0.2) is 22.0 Å². The quantitative estimate of drug-likeness (QED) is 0.722. The molecule has 3 heterocycles. The van der Waals surface area contributed by atoms with E-state index in [1.165, 1.54) is 6.42 Å². The summed E-state index contributed by atoms with van der Waals surface area (Å²) in [5.74, 6) is 4.70. The van der Waals surface area contributed by atoms with Crippen LogP contribution in [0, 0.1) is 11.8 Å². The van der Waals surface area contributed by atoms with Crippen molar-refractivity contribution in [3.05, 3.63) is 47.9 Å². The second-order valence-electron chi connectivity index (χ2n) is 8.05. The minimum absolute atomic E-state index is 0.0389. The van der Waals surface area contributed by atoms with Crippen molar-refractivity contribution in [3.63, 3.8) is 0 Å². The lowest BCUT2D eigenvalue weighted by atomic mass is 10.2. The van der Waals surface area contributed by atoms with Gasteiger partial charge in [0.15, 0.2) is 0 Å². The zero-order valence-electron chi connectivity index (χ0n) is 14.8. The summed E-state index contributed by atoms with van der Waals surface area (Å²) in [5.41, 5.74) is 2.07. The Morgan fingerprint density at radius 1 is 1.08 bits per heavy atom. The van der Waals surface area contributed by atoms with Gasteiger partial charge in [0.2, 0.25) is 11.9 Å². The minimum atomic E-state index is 0.0389. The monoisotopic (exact) mass is 347 g/mol. The smallest absolute Gasteiger partial charge is 0.233 e. The standard InChI is InChI=1S/C21H21N3O2/c1-12-10-13(12)18-6-7-19(26-18)14-11-15(14)20(25)24-9-8-23-17-5-3-2-4-16(17)22-21(23)24/h2-7,12-15H,8-11H2,1H3. The highest BCUT2D eigenvalue weighted by atomic mass is 16.3. The molecule has 1 aromatic carbocycles. The number of carbonyl (C=O) groups is 1. The second kappa shape index (κ2) is 5.00. The van der Waals surface area contributed by atoms with Gasteiger partial charge in [0.05, 0.1) is 11.0 Å². The van der Waals surface area contributed by atoms with E-state index >= 15 is 0 Å². The molecule has 0 radical (unpaired) electrons. The summed E-state index contributed by atoms with van der Waals surface area (Å²) >= 11 is 0. The van der Waals surface area contributed by atoms with E-state index in [2.05, 4.69) is 29.7 Å². The van der Waals surface area contributed by atoms with Crippen molar-refractivity contribution in [2.24, 2.45) is 11.8 Å². The topological polar surface area (TPSA) is 51.3 Å². The molecule has 1 amide bonds. The summed E-state index contributed by atoms with van der Waals surface area (Å²) in [6.45, 7) is 3.80. The van der Waals surface area contributed by atoms with Gasteiger partial charge < -0.3 is 8.98 Å². The number of para-hydroxylation sites is 2. The number of hydrogen-bond donors (Lipinski definition) is 0. The number of imidazole rings is 1. The highest BCUT2D eigenvalue weighted by Gasteiger charge is 2.49. The summed E-state index contributed by atoms with van der Waals surface area (Å²) in [6, 6.07) is 12.3. The van der Waals surface area contributed by atoms with Crippen LogP contribution in [0.1, 0.15) is 43.1 Å². The normalized spacial score (nSPS) is 29.2. The number of rotatable bonds is 3. The van der Waals surface area contributed by atoms with E-state index in [0.717, 1.165) is 53.9 Å². The third kappa shape index (κ3) is 2.03. The van der Waals surface area contributed by atoms with Crippen LogP contribution in [-0.2, 0) is 11.3 Å². The number of benzene rings is 1. The number of anilines is 1. The Kier molecular flexibility index (Phi) is 2.80. The van der Waals surface area contributed by atoms with Crippen LogP contribution in [0.15, 0.2) is 40.8 Å². The first-order valence-electron chi connectivity index (χ1n) is 9.57. The lowest BCUT2D eigenvalue weighted by molar-refractivity contribution is -0.119. The molecule has 0 spiro atoms. The fraction of sp³-hybridized carbons (Fsp3) is 0.429. The predicted octanol–water partition coefficient (Wildman–Crippen LogP) is 3.90. The molecule has 132 valence electrons. The van der Waals surface area contributed by atoms with Gasteiger partial charge in [-0.2, -0.15) is 0 Å². The first kappa shape index (κ1) is 14.6. The molecule has 0 bridgehead atoms. The first-order chi connectivity index (χ1) is 12.7. The van der Waals surface area contributed by atoms with E-state index in [4.69, 9.17) is 9.40 Å². The number of fused-ring (bicyclic) bond motifs is 3. The highest BCUT2D eigenvalue weighted by molar-refractivity contribution is 5.98. The molecule has 2 fully saturated rings. The average Bonchev–Trinajstić information content (AvgIpc) is 3.41. The van der Waals surface area contributed by atoms with Crippen LogP contribution in [0.4, 0.5) is 5.95 Å². The molecule has 0 saturated heterocycles. The molecule has 2 saturated carbocycles. The molecule has 5 heteroatoms. The molecular weight excluding hydrogens is 326 g/mol. The predicted molar refractivity (Wildman–Crippen MR) is 98.2 cm³/mol. The van der Waals surface area contributed by atoms with Crippen LogP contribution < -0.4 is 4.90 Å². The summed E-state index contributed by atoms with van der Waals surface area (Å²) in [6.07, 6.45) is 2.12. The molecule has 6 rings (SSSR count). The van der Waals surface area contributed by atoms with E-state index in [9.17, 15) is 4.79 Å². The number of carbonyl (C=O) groups excluding carboxylic acids is 1. The maximum absolute atomic E-state index is 13.1. The van der Waals surface area contributed by atoms with E-state index in [-0.39, 0.29) is 17.7 Å². The van der Waals surface area contributed by atoms with Crippen molar-refractivity contribution in [1.29, 1.82) is 0 Å². The van der Waals surface area contributed by atoms with Crippen LogP contribution in [0.2, 0.25) is 0 Å². The zero-order chi connectivity index (χ0) is 17.4. The summed E-state index contributed by atoms with van der Waals surface area (Å²) < 4.78 is 8.23. The molecule has 4 unspecified atom stereocenters. The van der Waals surface area contributed by atoms with Crippen molar-refractivity contribution in [2.45, 2.75) is 38.1 Å². The maximum Gasteiger partial charge on any atom is 0.233 e. The Morgan fingerprint density at radius 2 is 1.85 bits per heavy atom. The van der Waals surface area contributed by atoms with Gasteiger partial charge in [-0.1, -0.05) is 19.1 Å². The summed E-state index contributed by atoms with van der Waals surface area (Å²) in [4.78, 5) is 19.6. The molecule has 5 nitrogen and oxygen atoms in total. The Hall–Kier alpha value is -2.56. The molecule has 0 N–H and O–H groups in total. The van der Waals surface area contributed by atoms with E-state index in [1.54, 1.807) is 0 Å². The maximum atomic E-state index is 13.1. The number of furan rings is 1. The molecular formula is C21H21N3O2. The molecule has 26 heavy (non-hydrogen) atoms. The van der Waals surface area contributed by atoms with Gasteiger partial charge in [-0.3, -0.25) is 9.69 Å². The molecule has 1 aliphatic heterocycles. The Balaban J connectivity index is 1.23. The summed E-state index contributed by atoms with van der Waals surface area (Å²) in [7, 11) is 0. The van der Waals surface area contributed by atoms with Crippen LogP contribution in [0.5, 0.6) is 0 Å². The number of nitrogens with zero attached hydrogens (tertiary/aromatic N) is 3. The fourth-order valence-corrected chi connectivity index (χ4v) is 4.47. The Bertz CT molecular complexity index is 1030. The average molecular weight is 347 g/mol. The number of aromatic nitrogens is 2. The van der Waals surface area contributed by atoms with Crippen molar-refractivity contribution < 1.29 is 9.21 Å². The van der Waals surface area contributed by atoms with Crippen LogP contribution in [0.25, 0.3) is 11.0 Å². The van der Waals surface area contributed by atoms with E-state index in [0.29, 0.717) is 5.92 Å². The van der Waals surface area contributed by atoms with Gasteiger partial charge in [0.25, 0.3) is 0 Å². The van der Waals surface area contributed by atoms with Gasteiger partial charge in [-0.05, 0) is 43.0 Å². The SMILES string of the molecule is CC1CC1c1ccc(C2CC2C(=O)N2CCn3c2nc2ccccc23)o1. The second-order valence-corrected chi connectivity index (χ2v) is 8.05. The molecule has 2 aliphatic carbocycles. The fourth-order valence-electron chi connectivity index (χ4n) is 4.47. The van der Waals surface area contributed by atoms with Crippen molar-refractivity contribution in [3.8, 4) is 0 Å². The van der Waals surface area contributed by atoms with Gasteiger partial charge in [-0.25, -0.2) is 4.98 Å². The van der Waals surface area contributed by atoms with Gasteiger partial charge >= 0.3 is 0 Å². The van der Waals surface area contributed by atoms with E-state index in [1.807, 2.05) is 23.1 Å². The number of amides is 1. The lowest BCUT2D eigenvalue weighted by Gasteiger charge is -2.13. The Labute approximate surface area is 151 Å². The third-order valence-electron chi connectivity index (χ3n) is 6.28. The first-order valence-corrected chi connectivity index (χ1v) is 9.57. The zero-order valence-corrected chi connectivity index (χ0v) is 14.8. The minimum Gasteiger partial charge on any atom is -0.465 e. The van der Waals surface area contributed by atoms with E-state index < -0.39 is 0 Å². The highest BCUT2D eigenvalue weighted by Crippen LogP contribution is 2.52. The molecule has 4 atom stereocenters. The van der Waals surface area contributed by atoms with Gasteiger partial charge in [-0.15, -0.1) is 0 Å². The van der Waals surface area contributed by atoms with Crippen LogP contribution >= 0.6 is 0 Å². The number of hydrogen-bond acceptors (Lipinski definition) is 3. The van der Waals surface area contributed by atoms with Crippen molar-refractivity contribution in [2.75, 3.05) is 11.4 Å². The third-order valence-corrected chi connectivity index (χ3v) is 6.28. The van der Waals surface area contributed by atoms with Gasteiger partial charge in [0.1, 0.15) is 11.5 Å². The molecule has 3 aliphatic rings.